The largest absolute Gasteiger partial charge is 0.345 e. The zero-order valence-electron chi connectivity index (χ0n) is 10.3. The SMILES string of the molecule is C[C@@H](Nc1ncncn1)c1nc2c(s1)CCCC2. The standard InChI is InChI=1S/C12H15N5S/c1-8(16-12-14-6-13-7-15-12)11-17-9-4-2-3-5-10(9)18-11/h6-8H,2-5H2,1H3,(H,13,14,15,16)/t8-/m1/s1. The van der Waals surface area contributed by atoms with E-state index >= 15 is 0 Å². The van der Waals surface area contributed by atoms with Crippen LogP contribution in [0.25, 0.3) is 0 Å². The maximum atomic E-state index is 4.73. The molecule has 0 spiro atoms. The summed E-state index contributed by atoms with van der Waals surface area (Å²) in [4.78, 5) is 18.1. The van der Waals surface area contributed by atoms with Gasteiger partial charge in [0, 0.05) is 4.88 Å². The Morgan fingerprint density at radius 2 is 2.00 bits per heavy atom. The maximum Gasteiger partial charge on any atom is 0.226 e. The molecule has 2 aromatic heterocycles. The van der Waals surface area contributed by atoms with Crippen LogP contribution in [0.3, 0.4) is 0 Å². The summed E-state index contributed by atoms with van der Waals surface area (Å²) in [5.41, 5.74) is 1.30. The second kappa shape index (κ2) is 4.97. The summed E-state index contributed by atoms with van der Waals surface area (Å²) in [5.74, 6) is 0.602. The van der Waals surface area contributed by atoms with Crippen molar-refractivity contribution in [2.45, 2.75) is 38.6 Å². The van der Waals surface area contributed by atoms with E-state index in [0.717, 1.165) is 11.4 Å². The van der Waals surface area contributed by atoms with Gasteiger partial charge in [-0.2, -0.15) is 0 Å². The van der Waals surface area contributed by atoms with Gasteiger partial charge in [0.05, 0.1) is 11.7 Å². The molecule has 0 amide bonds. The van der Waals surface area contributed by atoms with Crippen LogP contribution in [-0.2, 0) is 12.8 Å². The predicted molar refractivity (Wildman–Crippen MR) is 70.6 cm³/mol. The minimum Gasteiger partial charge on any atom is -0.345 e. The summed E-state index contributed by atoms with van der Waals surface area (Å²) in [6.07, 6.45) is 7.87. The van der Waals surface area contributed by atoms with E-state index in [1.165, 1.54) is 42.5 Å². The number of aromatic nitrogens is 4. The Hall–Kier alpha value is -1.56. The van der Waals surface area contributed by atoms with Gasteiger partial charge in [-0.25, -0.2) is 19.9 Å². The van der Waals surface area contributed by atoms with Gasteiger partial charge in [-0.15, -0.1) is 11.3 Å². The molecule has 0 fully saturated rings. The summed E-state index contributed by atoms with van der Waals surface area (Å²) in [6.45, 7) is 2.09. The Kier molecular flexibility index (Phi) is 3.19. The van der Waals surface area contributed by atoms with Gasteiger partial charge in [-0.1, -0.05) is 0 Å². The number of aryl methyl sites for hydroxylation is 2. The molecule has 0 bridgehead atoms. The third kappa shape index (κ3) is 2.33. The summed E-state index contributed by atoms with van der Waals surface area (Å²) >= 11 is 1.82. The molecule has 0 aliphatic heterocycles. The summed E-state index contributed by atoms with van der Waals surface area (Å²) in [5, 5.41) is 4.38. The van der Waals surface area contributed by atoms with Crippen molar-refractivity contribution in [1.82, 2.24) is 19.9 Å². The Morgan fingerprint density at radius 1 is 1.22 bits per heavy atom. The molecule has 2 aromatic rings. The van der Waals surface area contributed by atoms with Gasteiger partial charge in [-0.3, -0.25) is 0 Å². The molecule has 0 saturated carbocycles. The van der Waals surface area contributed by atoms with Crippen LogP contribution in [-0.4, -0.2) is 19.9 Å². The van der Waals surface area contributed by atoms with Crippen molar-refractivity contribution in [3.63, 3.8) is 0 Å². The topological polar surface area (TPSA) is 63.6 Å². The zero-order chi connectivity index (χ0) is 12.4. The van der Waals surface area contributed by atoms with E-state index in [1.807, 2.05) is 11.3 Å². The molecule has 0 unspecified atom stereocenters. The number of rotatable bonds is 3. The van der Waals surface area contributed by atoms with Gasteiger partial charge in [-0.05, 0) is 32.6 Å². The highest BCUT2D eigenvalue weighted by molar-refractivity contribution is 7.11. The van der Waals surface area contributed by atoms with E-state index in [2.05, 4.69) is 27.2 Å². The molecule has 3 rings (SSSR count). The van der Waals surface area contributed by atoms with Crippen LogP contribution in [0.4, 0.5) is 5.95 Å². The van der Waals surface area contributed by atoms with Gasteiger partial charge < -0.3 is 5.32 Å². The third-order valence-electron chi connectivity index (χ3n) is 3.07. The van der Waals surface area contributed by atoms with Gasteiger partial charge in [0.25, 0.3) is 0 Å². The molecule has 2 heterocycles. The molecule has 18 heavy (non-hydrogen) atoms. The molecule has 6 heteroatoms. The molecule has 0 aromatic carbocycles. The molecule has 1 aliphatic carbocycles. The zero-order valence-corrected chi connectivity index (χ0v) is 11.1. The molecule has 0 saturated heterocycles. The fourth-order valence-corrected chi connectivity index (χ4v) is 3.28. The van der Waals surface area contributed by atoms with Crippen LogP contribution >= 0.6 is 11.3 Å². The molecular formula is C12H15N5S. The average Bonchev–Trinajstić information content (AvgIpc) is 2.84. The van der Waals surface area contributed by atoms with Crippen molar-refractivity contribution in [3.8, 4) is 0 Å². The molecule has 5 nitrogen and oxygen atoms in total. The fraction of sp³-hybridized carbons (Fsp3) is 0.500. The fourth-order valence-electron chi connectivity index (χ4n) is 2.13. The highest BCUT2D eigenvalue weighted by atomic mass is 32.1. The number of hydrogen-bond acceptors (Lipinski definition) is 6. The molecule has 1 N–H and O–H groups in total. The Morgan fingerprint density at radius 3 is 2.78 bits per heavy atom. The van der Waals surface area contributed by atoms with E-state index in [0.29, 0.717) is 5.95 Å². The van der Waals surface area contributed by atoms with Crippen LogP contribution in [0.1, 0.15) is 41.4 Å². The Bertz CT molecular complexity index is 501. The number of nitrogens with one attached hydrogen (secondary N) is 1. The summed E-state index contributed by atoms with van der Waals surface area (Å²) < 4.78 is 0. The lowest BCUT2D eigenvalue weighted by molar-refractivity contribution is 0.678. The monoisotopic (exact) mass is 261 g/mol. The highest BCUT2D eigenvalue weighted by Gasteiger charge is 2.18. The lowest BCUT2D eigenvalue weighted by Gasteiger charge is -2.09. The number of anilines is 1. The number of fused-ring (bicyclic) bond motifs is 1. The minimum atomic E-state index is 0.142. The van der Waals surface area contributed by atoms with E-state index in [4.69, 9.17) is 4.98 Å². The van der Waals surface area contributed by atoms with E-state index in [9.17, 15) is 0 Å². The van der Waals surface area contributed by atoms with Crippen molar-refractivity contribution in [2.24, 2.45) is 0 Å². The number of thiazole rings is 1. The first-order chi connectivity index (χ1) is 8.83. The van der Waals surface area contributed by atoms with E-state index in [1.54, 1.807) is 0 Å². The molecule has 94 valence electrons. The average molecular weight is 261 g/mol. The summed E-state index contributed by atoms with van der Waals surface area (Å²) in [7, 11) is 0. The van der Waals surface area contributed by atoms with Crippen LogP contribution in [0.5, 0.6) is 0 Å². The number of nitrogens with zero attached hydrogens (tertiary/aromatic N) is 4. The number of hydrogen-bond donors (Lipinski definition) is 1. The predicted octanol–water partition coefficient (Wildman–Crippen LogP) is 2.38. The lowest BCUT2D eigenvalue weighted by atomic mass is 10.0. The van der Waals surface area contributed by atoms with Gasteiger partial charge in [0.2, 0.25) is 5.95 Å². The minimum absolute atomic E-state index is 0.142. The van der Waals surface area contributed by atoms with Crippen molar-refractivity contribution in [2.75, 3.05) is 5.32 Å². The first kappa shape index (κ1) is 11.5. The van der Waals surface area contributed by atoms with Crippen molar-refractivity contribution < 1.29 is 0 Å². The highest BCUT2D eigenvalue weighted by Crippen LogP contribution is 2.30. The van der Waals surface area contributed by atoms with Crippen molar-refractivity contribution >= 4 is 17.3 Å². The van der Waals surface area contributed by atoms with E-state index in [-0.39, 0.29) is 6.04 Å². The van der Waals surface area contributed by atoms with Crippen LogP contribution in [0.2, 0.25) is 0 Å². The smallest absolute Gasteiger partial charge is 0.226 e. The molecule has 0 radical (unpaired) electrons. The maximum absolute atomic E-state index is 4.73. The molecule has 1 atom stereocenters. The Balaban J connectivity index is 1.76. The third-order valence-corrected chi connectivity index (χ3v) is 4.41. The van der Waals surface area contributed by atoms with Crippen LogP contribution in [0, 0.1) is 0 Å². The second-order valence-electron chi connectivity index (χ2n) is 4.46. The van der Waals surface area contributed by atoms with Crippen LogP contribution < -0.4 is 5.32 Å². The van der Waals surface area contributed by atoms with Gasteiger partial charge >= 0.3 is 0 Å². The Labute approximate surface area is 110 Å². The van der Waals surface area contributed by atoms with Crippen molar-refractivity contribution in [1.29, 1.82) is 0 Å². The van der Waals surface area contributed by atoms with Gasteiger partial charge in [0.15, 0.2) is 0 Å². The quantitative estimate of drug-likeness (QED) is 0.919. The molecule has 1 aliphatic rings. The second-order valence-corrected chi connectivity index (χ2v) is 5.57. The van der Waals surface area contributed by atoms with E-state index < -0.39 is 0 Å². The van der Waals surface area contributed by atoms with Crippen molar-refractivity contribution in [3.05, 3.63) is 28.2 Å². The first-order valence-electron chi connectivity index (χ1n) is 6.20. The first-order valence-corrected chi connectivity index (χ1v) is 7.01. The molecular weight excluding hydrogens is 246 g/mol. The van der Waals surface area contributed by atoms with Gasteiger partial charge in [0.1, 0.15) is 17.7 Å². The normalized spacial score (nSPS) is 16.1. The summed E-state index contributed by atoms with van der Waals surface area (Å²) in [6, 6.07) is 0.142. The van der Waals surface area contributed by atoms with Crippen LogP contribution in [0.15, 0.2) is 12.7 Å². The lowest BCUT2D eigenvalue weighted by Crippen LogP contribution is -2.09.